The quantitative estimate of drug-likeness (QED) is 0.755. The van der Waals surface area contributed by atoms with Gasteiger partial charge in [0.2, 0.25) is 0 Å². The molecule has 2 rings (SSSR count). The SMILES string of the molecule is C=C1C(Cl)=CC(C)=C(c2ccccc2)N1CCC. The zero-order chi connectivity index (χ0) is 13.1. The number of hydrogen-bond acceptors (Lipinski definition) is 1. The largest absolute Gasteiger partial charge is 0.340 e. The predicted molar refractivity (Wildman–Crippen MR) is 79.1 cm³/mol. The van der Waals surface area contributed by atoms with Crippen LogP contribution in [0.4, 0.5) is 0 Å². The molecule has 0 atom stereocenters. The molecule has 0 aliphatic carbocycles. The molecule has 0 spiro atoms. The standard InChI is InChI=1S/C16H18ClN/c1-4-10-18-13(3)15(17)11-12(2)16(18)14-8-6-5-7-9-14/h5-9,11H,3-4,10H2,1-2H3. The number of hydrogen-bond donors (Lipinski definition) is 0. The Kier molecular flexibility index (Phi) is 3.93. The maximum absolute atomic E-state index is 6.23. The van der Waals surface area contributed by atoms with Crippen LogP contribution in [0.5, 0.6) is 0 Å². The highest BCUT2D eigenvalue weighted by Crippen LogP contribution is 2.35. The molecular formula is C16H18ClN. The van der Waals surface area contributed by atoms with Crippen molar-refractivity contribution in [1.82, 2.24) is 4.90 Å². The van der Waals surface area contributed by atoms with Crippen LogP contribution in [0.3, 0.4) is 0 Å². The average Bonchev–Trinajstić information content (AvgIpc) is 2.37. The van der Waals surface area contributed by atoms with Gasteiger partial charge in [-0.25, -0.2) is 0 Å². The fraction of sp³-hybridized carbons (Fsp3) is 0.250. The summed E-state index contributed by atoms with van der Waals surface area (Å²) in [6.45, 7) is 9.29. The van der Waals surface area contributed by atoms with Crippen LogP contribution in [0.15, 0.2) is 59.3 Å². The van der Waals surface area contributed by atoms with Crippen LogP contribution in [0.25, 0.3) is 5.70 Å². The molecule has 0 fully saturated rings. The molecule has 0 bridgehead atoms. The maximum atomic E-state index is 6.23. The van der Waals surface area contributed by atoms with E-state index in [1.54, 1.807) is 0 Å². The van der Waals surface area contributed by atoms with Gasteiger partial charge in [-0.2, -0.15) is 0 Å². The van der Waals surface area contributed by atoms with E-state index in [9.17, 15) is 0 Å². The molecule has 0 N–H and O–H groups in total. The van der Waals surface area contributed by atoms with Gasteiger partial charge in [0.15, 0.2) is 0 Å². The summed E-state index contributed by atoms with van der Waals surface area (Å²) in [4.78, 5) is 2.22. The van der Waals surface area contributed by atoms with Crippen LogP contribution < -0.4 is 0 Å². The van der Waals surface area contributed by atoms with Crippen molar-refractivity contribution in [2.75, 3.05) is 6.54 Å². The summed E-state index contributed by atoms with van der Waals surface area (Å²) < 4.78 is 0. The molecule has 0 saturated carbocycles. The summed E-state index contributed by atoms with van der Waals surface area (Å²) >= 11 is 6.23. The van der Waals surface area contributed by atoms with Crippen LogP contribution >= 0.6 is 11.6 Å². The summed E-state index contributed by atoms with van der Waals surface area (Å²) in [5.41, 5.74) is 4.51. The molecule has 0 saturated heterocycles. The maximum Gasteiger partial charge on any atom is 0.0640 e. The van der Waals surface area contributed by atoms with Crippen molar-refractivity contribution < 1.29 is 0 Å². The lowest BCUT2D eigenvalue weighted by Crippen LogP contribution is -2.25. The van der Waals surface area contributed by atoms with E-state index < -0.39 is 0 Å². The van der Waals surface area contributed by atoms with Crippen molar-refractivity contribution in [1.29, 1.82) is 0 Å². The smallest absolute Gasteiger partial charge is 0.0640 e. The van der Waals surface area contributed by atoms with Crippen LogP contribution in [-0.4, -0.2) is 11.4 Å². The highest BCUT2D eigenvalue weighted by Gasteiger charge is 2.22. The van der Waals surface area contributed by atoms with Crippen molar-refractivity contribution in [3.05, 3.63) is 64.9 Å². The Morgan fingerprint density at radius 1 is 1.22 bits per heavy atom. The van der Waals surface area contributed by atoms with Gasteiger partial charge in [-0.15, -0.1) is 0 Å². The molecule has 1 nitrogen and oxygen atoms in total. The number of rotatable bonds is 3. The van der Waals surface area contributed by atoms with Gasteiger partial charge in [-0.1, -0.05) is 55.4 Å². The highest BCUT2D eigenvalue weighted by molar-refractivity contribution is 6.32. The summed E-state index contributed by atoms with van der Waals surface area (Å²) in [5.74, 6) is 0. The zero-order valence-corrected chi connectivity index (χ0v) is 11.7. The summed E-state index contributed by atoms with van der Waals surface area (Å²) in [6.07, 6.45) is 3.06. The van der Waals surface area contributed by atoms with E-state index in [0.717, 1.165) is 23.7 Å². The van der Waals surface area contributed by atoms with Gasteiger partial charge in [0.25, 0.3) is 0 Å². The third-order valence-corrected chi connectivity index (χ3v) is 3.41. The minimum absolute atomic E-state index is 0.737. The molecule has 1 aliphatic heterocycles. The monoisotopic (exact) mass is 259 g/mol. The Labute approximate surface area is 114 Å². The van der Waals surface area contributed by atoms with E-state index in [1.807, 2.05) is 12.1 Å². The van der Waals surface area contributed by atoms with Crippen LogP contribution in [0.1, 0.15) is 25.8 Å². The van der Waals surface area contributed by atoms with Crippen LogP contribution in [0.2, 0.25) is 0 Å². The Hall–Kier alpha value is -1.47. The third kappa shape index (κ3) is 2.37. The predicted octanol–water partition coefficient (Wildman–Crippen LogP) is 4.78. The first-order valence-corrected chi connectivity index (χ1v) is 6.63. The normalized spacial score (nSPS) is 16.1. The molecule has 1 aliphatic rings. The molecular weight excluding hydrogens is 242 g/mol. The summed E-state index contributed by atoms with van der Waals surface area (Å²) in [7, 11) is 0. The van der Waals surface area contributed by atoms with Crippen molar-refractivity contribution in [2.45, 2.75) is 20.3 Å². The topological polar surface area (TPSA) is 3.24 Å². The van der Waals surface area contributed by atoms with Crippen molar-refractivity contribution in [2.24, 2.45) is 0 Å². The van der Waals surface area contributed by atoms with E-state index in [4.69, 9.17) is 11.6 Å². The number of halogens is 1. The van der Waals surface area contributed by atoms with Crippen molar-refractivity contribution in [3.8, 4) is 0 Å². The molecule has 2 heteroatoms. The molecule has 0 aromatic heterocycles. The van der Waals surface area contributed by atoms with Crippen molar-refractivity contribution in [3.63, 3.8) is 0 Å². The third-order valence-electron chi connectivity index (χ3n) is 3.08. The fourth-order valence-electron chi connectivity index (χ4n) is 2.27. The van der Waals surface area contributed by atoms with Crippen molar-refractivity contribution >= 4 is 17.3 Å². The van der Waals surface area contributed by atoms with E-state index in [0.29, 0.717) is 0 Å². The van der Waals surface area contributed by atoms with Gasteiger partial charge in [0.05, 0.1) is 16.4 Å². The lowest BCUT2D eigenvalue weighted by atomic mass is 10.0. The lowest BCUT2D eigenvalue weighted by Gasteiger charge is -2.33. The number of benzene rings is 1. The zero-order valence-electron chi connectivity index (χ0n) is 10.9. The average molecular weight is 260 g/mol. The minimum atomic E-state index is 0.737. The second-order valence-electron chi connectivity index (χ2n) is 4.49. The second kappa shape index (κ2) is 5.45. The number of allylic oxidation sites excluding steroid dienone is 3. The molecule has 0 unspecified atom stereocenters. The molecule has 0 radical (unpaired) electrons. The summed E-state index contributed by atoms with van der Waals surface area (Å²) in [6, 6.07) is 10.4. The molecule has 1 aromatic rings. The highest BCUT2D eigenvalue weighted by atomic mass is 35.5. The lowest BCUT2D eigenvalue weighted by molar-refractivity contribution is 0.491. The fourth-order valence-corrected chi connectivity index (χ4v) is 2.53. The Balaban J connectivity index is 2.52. The number of nitrogens with zero attached hydrogens (tertiary/aromatic N) is 1. The first-order valence-electron chi connectivity index (χ1n) is 6.25. The molecule has 0 amide bonds. The molecule has 1 aromatic carbocycles. The van der Waals surface area contributed by atoms with Gasteiger partial charge >= 0.3 is 0 Å². The first kappa shape index (κ1) is 13.0. The molecule has 94 valence electrons. The Morgan fingerprint density at radius 2 is 1.89 bits per heavy atom. The van der Waals surface area contributed by atoms with Gasteiger partial charge in [0.1, 0.15) is 0 Å². The van der Waals surface area contributed by atoms with Gasteiger partial charge < -0.3 is 4.90 Å². The van der Waals surface area contributed by atoms with Gasteiger partial charge in [-0.3, -0.25) is 0 Å². The van der Waals surface area contributed by atoms with E-state index >= 15 is 0 Å². The Morgan fingerprint density at radius 3 is 2.50 bits per heavy atom. The summed E-state index contributed by atoms with van der Waals surface area (Å²) in [5, 5.41) is 0.737. The van der Waals surface area contributed by atoms with Crippen LogP contribution in [0, 0.1) is 0 Å². The minimum Gasteiger partial charge on any atom is -0.340 e. The molecule has 18 heavy (non-hydrogen) atoms. The Bertz CT molecular complexity index is 511. The van der Waals surface area contributed by atoms with E-state index in [2.05, 4.69) is 49.6 Å². The van der Waals surface area contributed by atoms with Gasteiger partial charge in [0, 0.05) is 6.54 Å². The van der Waals surface area contributed by atoms with E-state index in [-0.39, 0.29) is 0 Å². The van der Waals surface area contributed by atoms with Crippen LogP contribution in [-0.2, 0) is 0 Å². The first-order chi connectivity index (χ1) is 8.65. The second-order valence-corrected chi connectivity index (χ2v) is 4.90. The van der Waals surface area contributed by atoms with E-state index in [1.165, 1.54) is 16.8 Å². The van der Waals surface area contributed by atoms with Gasteiger partial charge in [-0.05, 0) is 30.6 Å². The molecule has 1 heterocycles.